The number of hydrogen-bond donors (Lipinski definition) is 2. The number of rotatable bonds is 6. The Morgan fingerprint density at radius 1 is 1.06 bits per heavy atom. The molecular formula is C23H23N5O4S. The van der Waals surface area contributed by atoms with Crippen LogP contribution in [0.3, 0.4) is 0 Å². The number of ether oxygens (including phenoxy) is 1. The van der Waals surface area contributed by atoms with Gasteiger partial charge in [-0.2, -0.15) is 9.78 Å². The minimum absolute atomic E-state index is 0.0475. The summed E-state index contributed by atoms with van der Waals surface area (Å²) in [4.78, 5) is 15.9. The summed E-state index contributed by atoms with van der Waals surface area (Å²) in [7, 11) is -2.34. The van der Waals surface area contributed by atoms with Crippen LogP contribution in [0.1, 0.15) is 18.2 Å². The molecule has 0 saturated heterocycles. The summed E-state index contributed by atoms with van der Waals surface area (Å²) >= 11 is 0. The highest BCUT2D eigenvalue weighted by Gasteiger charge is 2.20. The first-order chi connectivity index (χ1) is 15.7. The molecule has 0 spiro atoms. The fraction of sp³-hybridized carbons (Fsp3) is 0.174. The number of aryl methyl sites for hydroxylation is 2. The van der Waals surface area contributed by atoms with Crippen LogP contribution in [0.15, 0.2) is 59.5 Å². The van der Waals surface area contributed by atoms with Crippen LogP contribution in [0.25, 0.3) is 16.7 Å². The third kappa shape index (κ3) is 4.51. The summed E-state index contributed by atoms with van der Waals surface area (Å²) in [6, 6.07) is 15.0. The van der Waals surface area contributed by atoms with E-state index in [9.17, 15) is 13.2 Å². The number of carbonyl (C=O) groups is 1. The van der Waals surface area contributed by atoms with E-state index < -0.39 is 10.0 Å². The zero-order chi connectivity index (χ0) is 23.8. The molecule has 0 fully saturated rings. The Bertz CT molecular complexity index is 1460. The molecule has 4 rings (SSSR count). The third-order valence-corrected chi connectivity index (χ3v) is 6.36. The number of aromatic nitrogens is 3. The maximum absolute atomic E-state index is 13.0. The molecule has 0 atom stereocenters. The molecule has 0 aliphatic carbocycles. The van der Waals surface area contributed by atoms with Crippen molar-refractivity contribution in [3.63, 3.8) is 0 Å². The Labute approximate surface area is 191 Å². The zero-order valence-electron chi connectivity index (χ0n) is 18.6. The molecule has 2 heterocycles. The molecule has 4 aromatic rings. The fourth-order valence-corrected chi connectivity index (χ4v) is 4.54. The predicted molar refractivity (Wildman–Crippen MR) is 126 cm³/mol. The van der Waals surface area contributed by atoms with Gasteiger partial charge in [-0.1, -0.05) is 12.1 Å². The smallest absolute Gasteiger partial charge is 0.263 e. The molecule has 0 radical (unpaired) electrons. The first-order valence-corrected chi connectivity index (χ1v) is 11.6. The SMILES string of the molecule is COc1cccc2c(C)cc(-n3nc(C)cc3NS(=O)(=O)c3ccc(NC(C)=O)cc3)nc12. The second-order valence-electron chi connectivity index (χ2n) is 7.55. The van der Waals surface area contributed by atoms with Crippen molar-refractivity contribution >= 4 is 38.3 Å². The number of methoxy groups -OCH3 is 1. The van der Waals surface area contributed by atoms with Crippen molar-refractivity contribution in [2.24, 2.45) is 0 Å². The summed E-state index contributed by atoms with van der Waals surface area (Å²) in [6.07, 6.45) is 0. The van der Waals surface area contributed by atoms with Gasteiger partial charge in [0.1, 0.15) is 17.1 Å². The number of sulfonamides is 1. The number of fused-ring (bicyclic) bond motifs is 1. The summed E-state index contributed by atoms with van der Waals surface area (Å²) in [5.41, 5.74) is 2.73. The fourth-order valence-electron chi connectivity index (χ4n) is 3.51. The topological polar surface area (TPSA) is 115 Å². The van der Waals surface area contributed by atoms with E-state index in [0.29, 0.717) is 28.5 Å². The maximum atomic E-state index is 13.0. The summed E-state index contributed by atoms with van der Waals surface area (Å²) in [6.45, 7) is 5.10. The normalized spacial score (nSPS) is 11.4. The summed E-state index contributed by atoms with van der Waals surface area (Å²) in [5.74, 6) is 1.08. The van der Waals surface area contributed by atoms with Crippen LogP contribution in [0.5, 0.6) is 5.75 Å². The average Bonchev–Trinajstić information content (AvgIpc) is 3.12. The Kier molecular flexibility index (Phi) is 5.77. The molecule has 0 unspecified atom stereocenters. The Morgan fingerprint density at radius 2 is 1.79 bits per heavy atom. The van der Waals surface area contributed by atoms with Crippen LogP contribution in [0, 0.1) is 13.8 Å². The molecule has 0 saturated carbocycles. The minimum atomic E-state index is -3.92. The lowest BCUT2D eigenvalue weighted by Crippen LogP contribution is -2.16. The van der Waals surface area contributed by atoms with Crippen LogP contribution in [-0.4, -0.2) is 36.2 Å². The molecule has 0 aliphatic heterocycles. The van der Waals surface area contributed by atoms with E-state index in [1.54, 1.807) is 20.1 Å². The minimum Gasteiger partial charge on any atom is -0.494 e. The quantitative estimate of drug-likeness (QED) is 0.448. The number of benzene rings is 2. The molecule has 1 amide bonds. The van der Waals surface area contributed by atoms with Gasteiger partial charge in [-0.05, 0) is 55.8 Å². The number of carbonyl (C=O) groups excluding carboxylic acids is 1. The number of anilines is 2. The van der Waals surface area contributed by atoms with E-state index in [2.05, 4.69) is 15.1 Å². The molecule has 33 heavy (non-hydrogen) atoms. The van der Waals surface area contributed by atoms with Crippen LogP contribution >= 0.6 is 0 Å². The van der Waals surface area contributed by atoms with Crippen molar-refractivity contribution in [3.05, 3.63) is 65.9 Å². The lowest BCUT2D eigenvalue weighted by Gasteiger charge is -2.13. The van der Waals surface area contributed by atoms with Gasteiger partial charge in [0.05, 0.1) is 17.7 Å². The van der Waals surface area contributed by atoms with Gasteiger partial charge < -0.3 is 10.1 Å². The van der Waals surface area contributed by atoms with Crippen molar-refractivity contribution in [1.82, 2.24) is 14.8 Å². The maximum Gasteiger partial charge on any atom is 0.263 e. The molecule has 9 nitrogen and oxygen atoms in total. The molecule has 2 aromatic carbocycles. The van der Waals surface area contributed by atoms with E-state index in [-0.39, 0.29) is 16.6 Å². The lowest BCUT2D eigenvalue weighted by atomic mass is 10.1. The van der Waals surface area contributed by atoms with Crippen LogP contribution in [0.2, 0.25) is 0 Å². The van der Waals surface area contributed by atoms with Gasteiger partial charge in [0.25, 0.3) is 10.0 Å². The van der Waals surface area contributed by atoms with Gasteiger partial charge in [-0.3, -0.25) is 9.52 Å². The standard InChI is InChI=1S/C23H23N5O4S/c1-14-12-21(25-23-19(14)6-5-7-20(23)32-4)28-22(13-15(2)26-28)27-33(30,31)18-10-8-17(9-11-18)24-16(3)29/h5-13,27H,1-4H3,(H,24,29). The zero-order valence-corrected chi connectivity index (χ0v) is 19.4. The van der Waals surface area contributed by atoms with Gasteiger partial charge in [0, 0.05) is 24.1 Å². The third-order valence-electron chi connectivity index (χ3n) is 4.99. The summed E-state index contributed by atoms with van der Waals surface area (Å²) in [5, 5.41) is 7.99. The number of amides is 1. The molecule has 0 bridgehead atoms. The molecule has 10 heteroatoms. The first kappa shape index (κ1) is 22.3. The van der Waals surface area contributed by atoms with Gasteiger partial charge in [0.2, 0.25) is 5.91 Å². The van der Waals surface area contributed by atoms with Crippen LogP contribution in [0.4, 0.5) is 11.5 Å². The van der Waals surface area contributed by atoms with Crippen molar-refractivity contribution in [2.75, 3.05) is 17.1 Å². The highest BCUT2D eigenvalue weighted by Crippen LogP contribution is 2.29. The van der Waals surface area contributed by atoms with E-state index in [4.69, 9.17) is 9.72 Å². The number of hydrogen-bond acceptors (Lipinski definition) is 6. The lowest BCUT2D eigenvalue weighted by molar-refractivity contribution is -0.114. The second-order valence-corrected chi connectivity index (χ2v) is 9.23. The van der Waals surface area contributed by atoms with Gasteiger partial charge in [-0.15, -0.1) is 0 Å². The van der Waals surface area contributed by atoms with Gasteiger partial charge >= 0.3 is 0 Å². The van der Waals surface area contributed by atoms with Gasteiger partial charge in [-0.25, -0.2) is 13.4 Å². The average molecular weight is 466 g/mol. The number of pyridine rings is 1. The predicted octanol–water partition coefficient (Wildman–Crippen LogP) is 3.81. The monoisotopic (exact) mass is 465 g/mol. The number of nitrogens with zero attached hydrogens (tertiary/aromatic N) is 3. The van der Waals surface area contributed by atoms with E-state index >= 15 is 0 Å². The second kappa shape index (κ2) is 8.55. The Balaban J connectivity index is 1.73. The van der Waals surface area contributed by atoms with Crippen molar-refractivity contribution in [3.8, 4) is 11.6 Å². The first-order valence-electron chi connectivity index (χ1n) is 10.1. The highest BCUT2D eigenvalue weighted by molar-refractivity contribution is 7.92. The van der Waals surface area contributed by atoms with E-state index in [0.717, 1.165) is 10.9 Å². The Hall–Kier alpha value is -3.92. The molecular weight excluding hydrogens is 442 g/mol. The van der Waals surface area contributed by atoms with E-state index in [1.165, 1.54) is 35.9 Å². The highest BCUT2D eigenvalue weighted by atomic mass is 32.2. The molecule has 0 aliphatic rings. The van der Waals surface area contributed by atoms with Gasteiger partial charge in [0.15, 0.2) is 5.82 Å². The number of para-hydroxylation sites is 1. The van der Waals surface area contributed by atoms with Crippen LogP contribution in [-0.2, 0) is 14.8 Å². The van der Waals surface area contributed by atoms with Crippen molar-refractivity contribution < 1.29 is 17.9 Å². The van der Waals surface area contributed by atoms with Crippen molar-refractivity contribution in [1.29, 1.82) is 0 Å². The molecule has 2 aromatic heterocycles. The van der Waals surface area contributed by atoms with Crippen LogP contribution < -0.4 is 14.8 Å². The van der Waals surface area contributed by atoms with Crippen molar-refractivity contribution in [2.45, 2.75) is 25.7 Å². The van der Waals surface area contributed by atoms with E-state index in [1.807, 2.05) is 31.2 Å². The number of nitrogens with one attached hydrogen (secondary N) is 2. The largest absolute Gasteiger partial charge is 0.494 e. The molecule has 2 N–H and O–H groups in total. The molecule has 170 valence electrons. The Morgan fingerprint density at radius 3 is 2.45 bits per heavy atom. The summed E-state index contributed by atoms with van der Waals surface area (Å²) < 4.78 is 35.6.